The third kappa shape index (κ3) is 3.28. The molecule has 0 saturated heterocycles. The molecule has 2 aromatic carbocycles. The average molecular weight is 340 g/mol. The fraction of sp³-hybridized carbons (Fsp3) is 0.0714. The van der Waals surface area contributed by atoms with Crippen LogP contribution in [0.1, 0.15) is 11.1 Å². The predicted octanol–water partition coefficient (Wildman–Crippen LogP) is 4.49. The molecule has 2 rings (SSSR count). The topological polar surface area (TPSA) is 59.1 Å². The van der Waals surface area contributed by atoms with Gasteiger partial charge in [0.1, 0.15) is 17.3 Å². The number of nitrogen functional groups attached to an aromatic ring is 1. The van der Waals surface area contributed by atoms with Crippen LogP contribution in [0.5, 0.6) is 11.5 Å². The number of ether oxygens (including phenoxy) is 1. The summed E-state index contributed by atoms with van der Waals surface area (Å²) in [5.41, 5.74) is 7.12. The number of benzene rings is 2. The lowest BCUT2D eigenvalue weighted by Crippen LogP contribution is -2.12. The smallest absolute Gasteiger partial charge is 0.146 e. The van der Waals surface area contributed by atoms with E-state index in [2.05, 4.69) is 15.9 Å². The van der Waals surface area contributed by atoms with Crippen molar-refractivity contribution < 1.29 is 4.74 Å². The second kappa shape index (κ2) is 5.63. The molecular formula is C14H12BrClN2O. The van der Waals surface area contributed by atoms with Crippen molar-refractivity contribution in [2.75, 3.05) is 0 Å². The third-order valence-electron chi connectivity index (χ3n) is 2.54. The summed E-state index contributed by atoms with van der Waals surface area (Å²) in [6.45, 7) is 1.95. The molecule has 0 unspecified atom stereocenters. The second-order valence-electron chi connectivity index (χ2n) is 4.09. The predicted molar refractivity (Wildman–Crippen MR) is 81.4 cm³/mol. The minimum absolute atomic E-state index is 0.0560. The van der Waals surface area contributed by atoms with Crippen molar-refractivity contribution in [3.05, 3.63) is 57.0 Å². The summed E-state index contributed by atoms with van der Waals surface area (Å²) >= 11 is 9.46. The summed E-state index contributed by atoms with van der Waals surface area (Å²) in [4.78, 5) is 0. The number of hydrogen-bond donors (Lipinski definition) is 2. The van der Waals surface area contributed by atoms with Crippen LogP contribution >= 0.6 is 27.5 Å². The van der Waals surface area contributed by atoms with E-state index < -0.39 is 0 Å². The van der Waals surface area contributed by atoms with E-state index in [1.807, 2.05) is 25.1 Å². The molecule has 98 valence electrons. The molecule has 0 aliphatic heterocycles. The zero-order valence-corrected chi connectivity index (χ0v) is 12.5. The van der Waals surface area contributed by atoms with Crippen LogP contribution in [-0.2, 0) is 0 Å². The van der Waals surface area contributed by atoms with Gasteiger partial charge < -0.3 is 10.5 Å². The molecule has 0 bridgehead atoms. The van der Waals surface area contributed by atoms with Crippen molar-refractivity contribution >= 4 is 33.4 Å². The van der Waals surface area contributed by atoms with E-state index in [1.54, 1.807) is 18.2 Å². The Labute approximate surface area is 125 Å². The van der Waals surface area contributed by atoms with Crippen LogP contribution in [0.15, 0.2) is 40.9 Å². The van der Waals surface area contributed by atoms with E-state index in [9.17, 15) is 0 Å². The van der Waals surface area contributed by atoms with Gasteiger partial charge in [-0.3, -0.25) is 5.41 Å². The molecule has 0 atom stereocenters. The Kier molecular flexibility index (Phi) is 4.12. The third-order valence-corrected chi connectivity index (χ3v) is 3.33. The number of rotatable bonds is 3. The normalized spacial score (nSPS) is 10.3. The Balaban J connectivity index is 2.40. The minimum atomic E-state index is -0.0560. The maximum absolute atomic E-state index is 7.57. The summed E-state index contributed by atoms with van der Waals surface area (Å²) in [6, 6.07) is 10.8. The van der Waals surface area contributed by atoms with Crippen LogP contribution in [0.4, 0.5) is 0 Å². The first-order valence-electron chi connectivity index (χ1n) is 5.55. The molecule has 0 aliphatic rings. The summed E-state index contributed by atoms with van der Waals surface area (Å²) < 4.78 is 6.57. The van der Waals surface area contributed by atoms with E-state index >= 15 is 0 Å². The van der Waals surface area contributed by atoms with E-state index in [0.717, 1.165) is 10.0 Å². The minimum Gasteiger partial charge on any atom is -0.455 e. The Morgan fingerprint density at radius 2 is 1.89 bits per heavy atom. The molecule has 0 aliphatic carbocycles. The molecule has 0 heterocycles. The van der Waals surface area contributed by atoms with Crippen molar-refractivity contribution in [2.45, 2.75) is 6.92 Å². The fourth-order valence-corrected chi connectivity index (χ4v) is 2.24. The lowest BCUT2D eigenvalue weighted by atomic mass is 10.2. The fourth-order valence-electron chi connectivity index (χ4n) is 1.61. The molecule has 0 fully saturated rings. The van der Waals surface area contributed by atoms with Crippen LogP contribution in [0.3, 0.4) is 0 Å². The van der Waals surface area contributed by atoms with Crippen LogP contribution in [0.25, 0.3) is 0 Å². The van der Waals surface area contributed by atoms with E-state index in [-0.39, 0.29) is 5.84 Å². The Hall–Kier alpha value is -1.52. The van der Waals surface area contributed by atoms with Crippen molar-refractivity contribution in [1.82, 2.24) is 0 Å². The van der Waals surface area contributed by atoms with E-state index in [4.69, 9.17) is 27.5 Å². The maximum Gasteiger partial charge on any atom is 0.146 e. The molecule has 0 saturated carbocycles. The summed E-state index contributed by atoms with van der Waals surface area (Å²) in [6.07, 6.45) is 0. The van der Waals surface area contributed by atoms with Crippen LogP contribution < -0.4 is 10.5 Å². The number of hydrogen-bond acceptors (Lipinski definition) is 2. The quantitative estimate of drug-likeness (QED) is 0.639. The molecule has 0 spiro atoms. The first kappa shape index (κ1) is 13.9. The van der Waals surface area contributed by atoms with Gasteiger partial charge in [-0.15, -0.1) is 0 Å². The first-order valence-corrected chi connectivity index (χ1v) is 6.72. The molecule has 3 N–H and O–H groups in total. The SMILES string of the molecule is Cc1ccc(Oc2ccc(Br)cc2C(=N)N)c(Cl)c1. The zero-order chi connectivity index (χ0) is 14.0. The van der Waals surface area contributed by atoms with Crippen LogP contribution in [0, 0.1) is 12.3 Å². The molecule has 3 nitrogen and oxygen atoms in total. The van der Waals surface area contributed by atoms with Gasteiger partial charge in [0.15, 0.2) is 0 Å². The Morgan fingerprint density at radius 1 is 1.21 bits per heavy atom. The van der Waals surface area contributed by atoms with Gasteiger partial charge in [0.05, 0.1) is 10.6 Å². The van der Waals surface area contributed by atoms with Gasteiger partial charge in [-0.05, 0) is 42.8 Å². The van der Waals surface area contributed by atoms with E-state index in [1.165, 1.54) is 0 Å². The van der Waals surface area contributed by atoms with Crippen LogP contribution in [-0.4, -0.2) is 5.84 Å². The highest BCUT2D eigenvalue weighted by molar-refractivity contribution is 9.10. The second-order valence-corrected chi connectivity index (χ2v) is 5.41. The van der Waals surface area contributed by atoms with Gasteiger partial charge >= 0.3 is 0 Å². The summed E-state index contributed by atoms with van der Waals surface area (Å²) in [5, 5.41) is 8.10. The van der Waals surface area contributed by atoms with E-state index in [0.29, 0.717) is 22.1 Å². The largest absolute Gasteiger partial charge is 0.455 e. The van der Waals surface area contributed by atoms with Crippen molar-refractivity contribution in [2.24, 2.45) is 5.73 Å². The summed E-state index contributed by atoms with van der Waals surface area (Å²) in [7, 11) is 0. The molecule has 5 heteroatoms. The first-order chi connectivity index (χ1) is 8.97. The number of amidine groups is 1. The summed E-state index contributed by atoms with van der Waals surface area (Å²) in [5.74, 6) is 0.984. The van der Waals surface area contributed by atoms with Crippen molar-refractivity contribution in [1.29, 1.82) is 5.41 Å². The lowest BCUT2D eigenvalue weighted by Gasteiger charge is -2.12. The molecule has 19 heavy (non-hydrogen) atoms. The zero-order valence-electron chi connectivity index (χ0n) is 10.2. The number of aryl methyl sites for hydroxylation is 1. The molecule has 0 amide bonds. The van der Waals surface area contributed by atoms with Gasteiger partial charge in [-0.1, -0.05) is 33.6 Å². The van der Waals surface area contributed by atoms with Crippen molar-refractivity contribution in [3.8, 4) is 11.5 Å². The standard InChI is InChI=1S/C14H12BrClN2O/c1-8-2-4-13(11(16)6-8)19-12-5-3-9(15)7-10(12)14(17)18/h2-7H,1H3,(H3,17,18). The van der Waals surface area contributed by atoms with Gasteiger partial charge in [-0.2, -0.15) is 0 Å². The number of halogens is 2. The van der Waals surface area contributed by atoms with Gasteiger partial charge in [0.2, 0.25) is 0 Å². The highest BCUT2D eigenvalue weighted by Gasteiger charge is 2.10. The molecule has 0 aromatic heterocycles. The monoisotopic (exact) mass is 338 g/mol. The number of nitrogens with one attached hydrogen (secondary N) is 1. The van der Waals surface area contributed by atoms with Crippen LogP contribution in [0.2, 0.25) is 5.02 Å². The van der Waals surface area contributed by atoms with Gasteiger partial charge in [-0.25, -0.2) is 0 Å². The Morgan fingerprint density at radius 3 is 2.53 bits per heavy atom. The maximum atomic E-state index is 7.57. The highest BCUT2D eigenvalue weighted by atomic mass is 79.9. The van der Waals surface area contributed by atoms with Crippen molar-refractivity contribution in [3.63, 3.8) is 0 Å². The average Bonchev–Trinajstić information content (AvgIpc) is 2.34. The molecule has 0 radical (unpaired) electrons. The molecule has 2 aromatic rings. The highest BCUT2D eigenvalue weighted by Crippen LogP contribution is 2.32. The Bertz CT molecular complexity index is 643. The lowest BCUT2D eigenvalue weighted by molar-refractivity contribution is 0.481. The van der Waals surface area contributed by atoms with Gasteiger partial charge in [0, 0.05) is 4.47 Å². The molecular weight excluding hydrogens is 328 g/mol. The van der Waals surface area contributed by atoms with Gasteiger partial charge in [0.25, 0.3) is 0 Å². The number of nitrogens with two attached hydrogens (primary N) is 1.